The zero-order valence-electron chi connectivity index (χ0n) is 8.85. The van der Waals surface area contributed by atoms with Gasteiger partial charge in [0.2, 0.25) is 0 Å². The van der Waals surface area contributed by atoms with Crippen molar-refractivity contribution in [2.45, 2.75) is 18.5 Å². The van der Waals surface area contributed by atoms with Crippen molar-refractivity contribution in [2.24, 2.45) is 0 Å². The lowest BCUT2D eigenvalue weighted by Gasteiger charge is -2.12. The summed E-state index contributed by atoms with van der Waals surface area (Å²) in [7, 11) is 0. The van der Waals surface area contributed by atoms with E-state index in [1.165, 1.54) is 6.07 Å². The van der Waals surface area contributed by atoms with Crippen molar-refractivity contribution in [1.82, 2.24) is 5.32 Å². The van der Waals surface area contributed by atoms with E-state index >= 15 is 0 Å². The van der Waals surface area contributed by atoms with Crippen LogP contribution in [0.25, 0.3) is 0 Å². The van der Waals surface area contributed by atoms with Crippen LogP contribution in [-0.2, 0) is 6.18 Å². The quantitative estimate of drug-likeness (QED) is 0.771. The molecule has 1 aromatic carbocycles. The molecule has 0 amide bonds. The monoisotopic (exact) mass is 269 g/mol. The van der Waals surface area contributed by atoms with Crippen molar-refractivity contribution in [3.05, 3.63) is 35.1 Å². The van der Waals surface area contributed by atoms with Crippen molar-refractivity contribution in [1.29, 1.82) is 0 Å². The van der Waals surface area contributed by atoms with E-state index < -0.39 is 17.6 Å². The second-order valence-electron chi connectivity index (χ2n) is 3.92. The lowest BCUT2D eigenvalue weighted by Crippen LogP contribution is -2.10. The molecule has 1 fully saturated rings. The molecule has 6 heteroatoms. The number of hydrogen-bond donors (Lipinski definition) is 1. The molecule has 0 radical (unpaired) electrons. The second-order valence-corrected chi connectivity index (χ2v) is 3.92. The van der Waals surface area contributed by atoms with Gasteiger partial charge in [-0.3, -0.25) is 0 Å². The number of alkyl halides is 3. The fourth-order valence-electron chi connectivity index (χ4n) is 1.95. The van der Waals surface area contributed by atoms with Crippen molar-refractivity contribution in [2.75, 3.05) is 13.1 Å². The zero-order chi connectivity index (χ0) is 11.8. The first-order valence-corrected chi connectivity index (χ1v) is 5.06. The molecule has 1 aliphatic rings. The molecule has 1 atom stereocenters. The molecule has 1 unspecified atom stereocenters. The minimum atomic E-state index is -4.48. The summed E-state index contributed by atoms with van der Waals surface area (Å²) in [6.07, 6.45) is -3.71. The van der Waals surface area contributed by atoms with Crippen LogP contribution in [0.1, 0.15) is 23.5 Å². The Kier molecular flexibility index (Phi) is 4.38. The Morgan fingerprint density at radius 3 is 2.41 bits per heavy atom. The summed E-state index contributed by atoms with van der Waals surface area (Å²) in [5, 5.41) is 3.05. The minimum Gasteiger partial charge on any atom is -0.316 e. The molecule has 0 aromatic heterocycles. The van der Waals surface area contributed by atoms with Crippen molar-refractivity contribution >= 4 is 12.4 Å². The Hall–Kier alpha value is -0.810. The molecule has 0 bridgehead atoms. The van der Waals surface area contributed by atoms with Gasteiger partial charge >= 0.3 is 6.18 Å². The van der Waals surface area contributed by atoms with Crippen LogP contribution in [0.15, 0.2) is 18.2 Å². The van der Waals surface area contributed by atoms with Gasteiger partial charge in [0.05, 0.1) is 5.56 Å². The van der Waals surface area contributed by atoms with Crippen LogP contribution in [-0.4, -0.2) is 13.1 Å². The lowest BCUT2D eigenvalue weighted by atomic mass is 9.96. The third-order valence-corrected chi connectivity index (χ3v) is 2.83. The van der Waals surface area contributed by atoms with E-state index in [1.54, 1.807) is 0 Å². The van der Waals surface area contributed by atoms with Gasteiger partial charge < -0.3 is 5.32 Å². The van der Waals surface area contributed by atoms with Crippen LogP contribution in [0.4, 0.5) is 17.6 Å². The highest BCUT2D eigenvalue weighted by molar-refractivity contribution is 5.85. The normalized spacial score (nSPS) is 20.1. The fraction of sp³-hybridized carbons (Fsp3) is 0.455. The average molecular weight is 270 g/mol. The Balaban J connectivity index is 0.00000144. The highest BCUT2D eigenvalue weighted by atomic mass is 35.5. The SMILES string of the molecule is Cl.Fc1cc(C(F)(F)F)ccc1C1CCNC1. The maximum Gasteiger partial charge on any atom is 0.416 e. The summed E-state index contributed by atoms with van der Waals surface area (Å²) in [5.41, 5.74) is -0.558. The lowest BCUT2D eigenvalue weighted by molar-refractivity contribution is -0.137. The molecule has 1 aliphatic heterocycles. The summed E-state index contributed by atoms with van der Waals surface area (Å²) >= 11 is 0. The van der Waals surface area contributed by atoms with Gasteiger partial charge in [-0.25, -0.2) is 4.39 Å². The third kappa shape index (κ3) is 3.10. The average Bonchev–Trinajstić information content (AvgIpc) is 2.69. The molecule has 1 N–H and O–H groups in total. The van der Waals surface area contributed by atoms with Crippen LogP contribution in [0.2, 0.25) is 0 Å². The summed E-state index contributed by atoms with van der Waals surface area (Å²) in [6.45, 7) is 1.41. The van der Waals surface area contributed by atoms with Crippen molar-refractivity contribution in [3.8, 4) is 0 Å². The summed E-state index contributed by atoms with van der Waals surface area (Å²) < 4.78 is 50.4. The van der Waals surface area contributed by atoms with Crippen LogP contribution < -0.4 is 5.32 Å². The predicted octanol–water partition coefficient (Wildman–Crippen LogP) is 3.34. The van der Waals surface area contributed by atoms with Crippen molar-refractivity contribution < 1.29 is 17.6 Å². The summed E-state index contributed by atoms with van der Waals surface area (Å²) in [5.74, 6) is -0.772. The molecule has 1 aromatic rings. The highest BCUT2D eigenvalue weighted by Gasteiger charge is 2.32. The van der Waals surface area contributed by atoms with Crippen LogP contribution in [0, 0.1) is 5.82 Å². The Labute approximate surface area is 103 Å². The Morgan fingerprint density at radius 1 is 1.24 bits per heavy atom. The van der Waals surface area contributed by atoms with Gasteiger partial charge in [0.25, 0.3) is 0 Å². The van der Waals surface area contributed by atoms with Crippen molar-refractivity contribution in [3.63, 3.8) is 0 Å². The minimum absolute atomic E-state index is 0. The largest absolute Gasteiger partial charge is 0.416 e. The van der Waals surface area contributed by atoms with Gasteiger partial charge in [-0.05, 0) is 30.7 Å². The zero-order valence-corrected chi connectivity index (χ0v) is 9.67. The van der Waals surface area contributed by atoms with Gasteiger partial charge in [0, 0.05) is 12.5 Å². The molecule has 0 spiro atoms. The first-order valence-electron chi connectivity index (χ1n) is 5.06. The first kappa shape index (κ1) is 14.3. The van der Waals surface area contributed by atoms with E-state index in [4.69, 9.17) is 0 Å². The maximum absolute atomic E-state index is 13.5. The van der Waals surface area contributed by atoms with E-state index in [9.17, 15) is 17.6 Å². The summed E-state index contributed by atoms with van der Waals surface area (Å²) in [4.78, 5) is 0. The van der Waals surface area contributed by atoms with E-state index in [0.29, 0.717) is 18.2 Å². The number of nitrogens with one attached hydrogen (secondary N) is 1. The number of rotatable bonds is 1. The number of hydrogen-bond acceptors (Lipinski definition) is 1. The predicted molar refractivity (Wildman–Crippen MR) is 58.9 cm³/mol. The maximum atomic E-state index is 13.5. The number of benzene rings is 1. The molecule has 17 heavy (non-hydrogen) atoms. The summed E-state index contributed by atoms with van der Waals surface area (Å²) in [6, 6.07) is 2.76. The second kappa shape index (κ2) is 5.23. The molecule has 1 nitrogen and oxygen atoms in total. The van der Waals surface area contributed by atoms with Crippen LogP contribution in [0.3, 0.4) is 0 Å². The van der Waals surface area contributed by atoms with Crippen LogP contribution in [0.5, 0.6) is 0 Å². The molecule has 96 valence electrons. The fourth-order valence-corrected chi connectivity index (χ4v) is 1.95. The van der Waals surface area contributed by atoms with Gasteiger partial charge in [-0.2, -0.15) is 13.2 Å². The first-order chi connectivity index (χ1) is 7.48. The molecule has 1 saturated heterocycles. The smallest absolute Gasteiger partial charge is 0.316 e. The highest BCUT2D eigenvalue weighted by Crippen LogP contribution is 2.32. The van der Waals surface area contributed by atoms with E-state index in [-0.39, 0.29) is 18.3 Å². The molecule has 2 rings (SSSR count). The Morgan fingerprint density at radius 2 is 1.94 bits per heavy atom. The van der Waals surface area contributed by atoms with Crippen LogP contribution >= 0.6 is 12.4 Å². The molecule has 0 saturated carbocycles. The Bertz CT molecular complexity index is 386. The van der Waals surface area contributed by atoms with E-state index in [1.807, 2.05) is 0 Å². The van der Waals surface area contributed by atoms with E-state index in [2.05, 4.69) is 5.32 Å². The molecular formula is C11H12ClF4N. The van der Waals surface area contributed by atoms with E-state index in [0.717, 1.165) is 19.0 Å². The van der Waals surface area contributed by atoms with Gasteiger partial charge in [-0.1, -0.05) is 6.07 Å². The van der Waals surface area contributed by atoms with Gasteiger partial charge in [0.1, 0.15) is 5.82 Å². The van der Waals surface area contributed by atoms with Gasteiger partial charge in [-0.15, -0.1) is 12.4 Å². The topological polar surface area (TPSA) is 12.0 Å². The standard InChI is InChI=1S/C11H11F4N.ClH/c12-10-5-8(11(13,14)15)1-2-9(10)7-3-4-16-6-7;/h1-2,5,7,16H,3-4,6H2;1H. The third-order valence-electron chi connectivity index (χ3n) is 2.83. The molecule has 0 aliphatic carbocycles. The molecular weight excluding hydrogens is 258 g/mol. The number of halogens is 5. The molecule has 1 heterocycles. The van der Waals surface area contributed by atoms with Gasteiger partial charge in [0.15, 0.2) is 0 Å².